The molecule has 0 saturated carbocycles. The lowest BCUT2D eigenvalue weighted by atomic mass is 10.0. The molecule has 0 aliphatic carbocycles. The molecule has 0 aliphatic rings. The van der Waals surface area contributed by atoms with Gasteiger partial charge in [-0.05, 0) is 30.5 Å². The van der Waals surface area contributed by atoms with Gasteiger partial charge in [0.2, 0.25) is 0 Å². The molecule has 0 aromatic heterocycles. The highest BCUT2D eigenvalue weighted by Crippen LogP contribution is 2.31. The summed E-state index contributed by atoms with van der Waals surface area (Å²) in [6.45, 7) is 4.00. The molecular weight excluding hydrogens is 263 g/mol. The minimum atomic E-state index is -0.398. The lowest BCUT2D eigenvalue weighted by molar-refractivity contribution is 0.165. The van der Waals surface area contributed by atoms with Gasteiger partial charge in [0, 0.05) is 9.50 Å². The van der Waals surface area contributed by atoms with E-state index < -0.39 is 6.10 Å². The van der Waals surface area contributed by atoms with Crippen LogP contribution in [0.2, 0.25) is 5.02 Å². The Balaban J connectivity index is 3.02. The molecule has 0 amide bonds. The van der Waals surface area contributed by atoms with Gasteiger partial charge in [-0.15, -0.1) is 0 Å². The van der Waals surface area contributed by atoms with E-state index in [-0.39, 0.29) is 0 Å². The van der Waals surface area contributed by atoms with Crippen LogP contribution in [0.3, 0.4) is 0 Å². The third-order valence-electron chi connectivity index (χ3n) is 2.20. The number of benzene rings is 1. The molecule has 1 unspecified atom stereocenters. The normalized spacial score (nSPS) is 12.9. The summed E-state index contributed by atoms with van der Waals surface area (Å²) in [5.74, 6) is 0. The van der Waals surface area contributed by atoms with Crippen molar-refractivity contribution in [2.45, 2.75) is 32.8 Å². The fourth-order valence-corrected chi connectivity index (χ4v) is 2.27. The average molecular weight is 278 g/mol. The second kappa shape index (κ2) is 5.15. The van der Waals surface area contributed by atoms with Crippen LogP contribution in [0.5, 0.6) is 0 Å². The highest BCUT2D eigenvalue weighted by Gasteiger charge is 2.11. The summed E-state index contributed by atoms with van der Waals surface area (Å²) in [7, 11) is 0. The Labute approximate surface area is 98.2 Å². The van der Waals surface area contributed by atoms with E-state index in [1.165, 1.54) is 0 Å². The molecule has 0 saturated heterocycles. The number of aliphatic hydroxyl groups is 1. The van der Waals surface area contributed by atoms with Gasteiger partial charge in [-0.3, -0.25) is 0 Å². The highest BCUT2D eigenvalue weighted by molar-refractivity contribution is 9.10. The first-order chi connectivity index (χ1) is 6.56. The Morgan fingerprint density at radius 3 is 2.71 bits per heavy atom. The zero-order valence-corrected chi connectivity index (χ0v) is 10.7. The molecule has 0 spiro atoms. The van der Waals surface area contributed by atoms with E-state index in [9.17, 15) is 5.11 Å². The van der Waals surface area contributed by atoms with Crippen LogP contribution in [-0.4, -0.2) is 5.11 Å². The largest absolute Gasteiger partial charge is 0.388 e. The van der Waals surface area contributed by atoms with Crippen LogP contribution < -0.4 is 0 Å². The molecule has 14 heavy (non-hydrogen) atoms. The number of halogens is 2. The highest BCUT2D eigenvalue weighted by atomic mass is 79.9. The molecule has 1 N–H and O–H groups in total. The minimum Gasteiger partial charge on any atom is -0.388 e. The predicted molar refractivity (Wildman–Crippen MR) is 63.8 cm³/mol. The van der Waals surface area contributed by atoms with Gasteiger partial charge in [0.15, 0.2) is 0 Å². The first kappa shape index (κ1) is 12.0. The van der Waals surface area contributed by atoms with Crippen LogP contribution in [0.1, 0.15) is 37.0 Å². The molecule has 0 radical (unpaired) electrons. The van der Waals surface area contributed by atoms with Crippen molar-refractivity contribution in [2.75, 3.05) is 0 Å². The third kappa shape index (κ3) is 2.72. The molecule has 1 rings (SSSR count). The van der Waals surface area contributed by atoms with E-state index in [1.54, 1.807) is 0 Å². The first-order valence-corrected chi connectivity index (χ1v) is 5.87. The average Bonchev–Trinajstić information content (AvgIpc) is 2.11. The number of hydrogen-bond acceptors (Lipinski definition) is 1. The maximum atomic E-state index is 9.84. The summed E-state index contributed by atoms with van der Waals surface area (Å²) in [5, 5.41) is 10.6. The molecule has 1 nitrogen and oxygen atoms in total. The van der Waals surface area contributed by atoms with Crippen LogP contribution in [0.15, 0.2) is 16.6 Å². The molecule has 0 fully saturated rings. The Morgan fingerprint density at radius 2 is 2.14 bits per heavy atom. The number of rotatable bonds is 3. The third-order valence-corrected chi connectivity index (χ3v) is 3.29. The molecule has 1 aromatic carbocycles. The van der Waals surface area contributed by atoms with Crippen LogP contribution >= 0.6 is 27.5 Å². The summed E-state index contributed by atoms with van der Waals surface area (Å²) in [5.41, 5.74) is 1.92. The second-order valence-corrected chi connectivity index (χ2v) is 4.69. The van der Waals surface area contributed by atoms with Crippen LogP contribution in [0, 0.1) is 6.92 Å². The second-order valence-electron chi connectivity index (χ2n) is 3.43. The van der Waals surface area contributed by atoms with Crippen molar-refractivity contribution >= 4 is 27.5 Å². The maximum absolute atomic E-state index is 9.84. The first-order valence-electron chi connectivity index (χ1n) is 4.69. The van der Waals surface area contributed by atoms with Crippen molar-refractivity contribution in [3.63, 3.8) is 0 Å². The van der Waals surface area contributed by atoms with Gasteiger partial charge in [-0.1, -0.05) is 46.9 Å². The molecule has 3 heteroatoms. The standard InChI is InChI=1S/C11H14BrClO/c1-3-4-11(14)8-5-7(2)10(13)6-9(8)12/h5-6,11,14H,3-4H2,1-2H3. The van der Waals surface area contributed by atoms with Crippen molar-refractivity contribution < 1.29 is 5.11 Å². The van der Waals surface area contributed by atoms with E-state index in [0.717, 1.165) is 33.5 Å². The summed E-state index contributed by atoms with van der Waals surface area (Å²) >= 11 is 9.36. The fourth-order valence-electron chi connectivity index (χ4n) is 1.36. The van der Waals surface area contributed by atoms with E-state index >= 15 is 0 Å². The van der Waals surface area contributed by atoms with E-state index in [4.69, 9.17) is 11.6 Å². The number of aliphatic hydroxyl groups excluding tert-OH is 1. The summed E-state index contributed by atoms with van der Waals surface area (Å²) < 4.78 is 0.883. The molecule has 0 bridgehead atoms. The number of hydrogen-bond donors (Lipinski definition) is 1. The minimum absolute atomic E-state index is 0.398. The zero-order valence-electron chi connectivity index (χ0n) is 8.35. The molecular formula is C11H14BrClO. The van der Waals surface area contributed by atoms with Gasteiger partial charge >= 0.3 is 0 Å². The summed E-state index contributed by atoms with van der Waals surface area (Å²) in [6, 6.07) is 3.78. The molecule has 1 aromatic rings. The van der Waals surface area contributed by atoms with E-state index in [2.05, 4.69) is 22.9 Å². The van der Waals surface area contributed by atoms with Gasteiger partial charge in [0.1, 0.15) is 0 Å². The topological polar surface area (TPSA) is 20.2 Å². The summed E-state index contributed by atoms with van der Waals surface area (Å²) in [4.78, 5) is 0. The Hall–Kier alpha value is -0.0500. The monoisotopic (exact) mass is 276 g/mol. The van der Waals surface area contributed by atoms with Crippen LogP contribution in [0.25, 0.3) is 0 Å². The molecule has 0 heterocycles. The summed E-state index contributed by atoms with van der Waals surface area (Å²) in [6.07, 6.45) is 1.35. The van der Waals surface area contributed by atoms with Crippen molar-refractivity contribution in [3.8, 4) is 0 Å². The smallest absolute Gasteiger partial charge is 0.0801 e. The Kier molecular flexibility index (Phi) is 4.42. The Bertz CT molecular complexity index is 325. The van der Waals surface area contributed by atoms with E-state index in [0.29, 0.717) is 0 Å². The van der Waals surface area contributed by atoms with Crippen LogP contribution in [0.4, 0.5) is 0 Å². The lowest BCUT2D eigenvalue weighted by Crippen LogP contribution is -1.98. The van der Waals surface area contributed by atoms with Gasteiger partial charge < -0.3 is 5.11 Å². The van der Waals surface area contributed by atoms with Crippen molar-refractivity contribution in [1.82, 2.24) is 0 Å². The Morgan fingerprint density at radius 1 is 1.50 bits per heavy atom. The van der Waals surface area contributed by atoms with Gasteiger partial charge in [0.25, 0.3) is 0 Å². The zero-order chi connectivity index (χ0) is 10.7. The quantitative estimate of drug-likeness (QED) is 0.876. The van der Waals surface area contributed by atoms with Gasteiger partial charge in [-0.2, -0.15) is 0 Å². The molecule has 78 valence electrons. The van der Waals surface area contributed by atoms with Crippen molar-refractivity contribution in [3.05, 3.63) is 32.8 Å². The van der Waals surface area contributed by atoms with Crippen molar-refractivity contribution in [2.24, 2.45) is 0 Å². The molecule has 1 atom stereocenters. The van der Waals surface area contributed by atoms with Crippen molar-refractivity contribution in [1.29, 1.82) is 0 Å². The van der Waals surface area contributed by atoms with E-state index in [1.807, 2.05) is 19.1 Å². The van der Waals surface area contributed by atoms with Gasteiger partial charge in [0.05, 0.1) is 6.10 Å². The SMILES string of the molecule is CCCC(O)c1cc(C)c(Cl)cc1Br. The van der Waals surface area contributed by atoms with Crippen LogP contribution in [-0.2, 0) is 0 Å². The predicted octanol–water partition coefficient (Wildman–Crippen LogP) is 4.24. The lowest BCUT2D eigenvalue weighted by Gasteiger charge is -2.13. The maximum Gasteiger partial charge on any atom is 0.0801 e. The fraction of sp³-hybridized carbons (Fsp3) is 0.455. The number of aryl methyl sites for hydroxylation is 1. The van der Waals surface area contributed by atoms with Gasteiger partial charge in [-0.25, -0.2) is 0 Å². The molecule has 0 aliphatic heterocycles.